The first kappa shape index (κ1) is 28.2. The molecule has 37 heavy (non-hydrogen) atoms. The molecule has 3 aromatic rings. The first-order valence-electron chi connectivity index (χ1n) is 12.8. The molecular weight excluding hydrogens is 486 g/mol. The summed E-state index contributed by atoms with van der Waals surface area (Å²) in [6.07, 6.45) is 3.88. The van der Waals surface area contributed by atoms with Crippen LogP contribution < -0.4 is 9.62 Å². The SMILES string of the molecule is CCCCNC(=O)[C@@H](CC)N(CCc1ccccc1)C(=O)CN(c1cccc2ccccc12)S(C)(=O)=O. The zero-order valence-electron chi connectivity index (χ0n) is 21.9. The number of hydrogen-bond acceptors (Lipinski definition) is 4. The Labute approximate surface area is 220 Å². The van der Waals surface area contributed by atoms with Crippen molar-refractivity contribution in [3.63, 3.8) is 0 Å². The molecule has 0 spiro atoms. The lowest BCUT2D eigenvalue weighted by Gasteiger charge is -2.33. The van der Waals surface area contributed by atoms with Gasteiger partial charge < -0.3 is 10.2 Å². The molecule has 1 N–H and O–H groups in total. The number of nitrogens with zero attached hydrogens (tertiary/aromatic N) is 2. The van der Waals surface area contributed by atoms with Crippen LogP contribution in [0.25, 0.3) is 10.8 Å². The normalized spacial score (nSPS) is 12.2. The zero-order chi connectivity index (χ0) is 26.8. The number of anilines is 1. The Morgan fingerprint density at radius 2 is 1.59 bits per heavy atom. The topological polar surface area (TPSA) is 86.8 Å². The van der Waals surface area contributed by atoms with Crippen molar-refractivity contribution >= 4 is 38.3 Å². The van der Waals surface area contributed by atoms with E-state index in [1.165, 1.54) is 4.90 Å². The summed E-state index contributed by atoms with van der Waals surface area (Å²) in [5.41, 5.74) is 1.48. The third kappa shape index (κ3) is 7.55. The van der Waals surface area contributed by atoms with Crippen LogP contribution in [0.4, 0.5) is 5.69 Å². The van der Waals surface area contributed by atoms with Gasteiger partial charge in [-0.3, -0.25) is 13.9 Å². The van der Waals surface area contributed by atoms with Crippen LogP contribution in [-0.2, 0) is 26.0 Å². The standard InChI is InChI=1S/C29H37N3O4S/c1-4-6-20-30-29(34)26(5-2)31(21-19-23-13-8-7-9-14-23)28(33)22-32(37(3,35)36)27-18-12-16-24-15-10-11-17-25(24)27/h7-18,26H,4-6,19-22H2,1-3H3,(H,30,34)/t26-/m1/s1. The van der Waals surface area contributed by atoms with Gasteiger partial charge in [-0.1, -0.05) is 87.0 Å². The van der Waals surface area contributed by atoms with Crippen LogP contribution in [0.15, 0.2) is 72.8 Å². The van der Waals surface area contributed by atoms with Gasteiger partial charge in [-0.25, -0.2) is 8.42 Å². The summed E-state index contributed by atoms with van der Waals surface area (Å²) < 4.78 is 27.0. The molecule has 7 nitrogen and oxygen atoms in total. The number of fused-ring (bicyclic) bond motifs is 1. The van der Waals surface area contributed by atoms with E-state index in [1.54, 1.807) is 12.1 Å². The molecule has 8 heteroatoms. The number of sulfonamides is 1. The van der Waals surface area contributed by atoms with Gasteiger partial charge in [-0.05, 0) is 36.3 Å². The smallest absolute Gasteiger partial charge is 0.244 e. The van der Waals surface area contributed by atoms with E-state index in [-0.39, 0.29) is 12.5 Å². The molecular formula is C29H37N3O4S. The minimum atomic E-state index is -3.79. The summed E-state index contributed by atoms with van der Waals surface area (Å²) in [4.78, 5) is 28.4. The monoisotopic (exact) mass is 523 g/mol. The Morgan fingerprint density at radius 1 is 0.919 bits per heavy atom. The third-order valence-electron chi connectivity index (χ3n) is 6.41. The van der Waals surface area contributed by atoms with Gasteiger partial charge in [-0.15, -0.1) is 0 Å². The molecule has 0 radical (unpaired) electrons. The maximum Gasteiger partial charge on any atom is 0.244 e. The van der Waals surface area contributed by atoms with E-state index in [9.17, 15) is 18.0 Å². The first-order valence-corrected chi connectivity index (χ1v) is 14.7. The van der Waals surface area contributed by atoms with Gasteiger partial charge in [0.05, 0.1) is 11.9 Å². The maximum absolute atomic E-state index is 13.8. The lowest BCUT2D eigenvalue weighted by Crippen LogP contribution is -2.53. The van der Waals surface area contributed by atoms with Crippen LogP contribution in [0.5, 0.6) is 0 Å². The van der Waals surface area contributed by atoms with Gasteiger partial charge >= 0.3 is 0 Å². The summed E-state index contributed by atoms with van der Waals surface area (Å²) in [5, 5.41) is 4.56. The van der Waals surface area contributed by atoms with Crippen molar-refractivity contribution in [3.8, 4) is 0 Å². The molecule has 0 aliphatic carbocycles. The summed E-state index contributed by atoms with van der Waals surface area (Å²) in [5.74, 6) is -0.625. The highest BCUT2D eigenvalue weighted by molar-refractivity contribution is 7.92. The average Bonchev–Trinajstić information content (AvgIpc) is 2.89. The number of benzene rings is 3. The second-order valence-corrected chi connectivity index (χ2v) is 11.1. The Kier molecular flexibility index (Phi) is 10.1. The van der Waals surface area contributed by atoms with Gasteiger partial charge in [0.25, 0.3) is 0 Å². The van der Waals surface area contributed by atoms with E-state index in [4.69, 9.17) is 0 Å². The predicted molar refractivity (Wildman–Crippen MR) is 150 cm³/mol. The lowest BCUT2D eigenvalue weighted by molar-refractivity contribution is -0.139. The second-order valence-electron chi connectivity index (χ2n) is 9.16. The van der Waals surface area contributed by atoms with Crippen LogP contribution in [-0.4, -0.2) is 57.1 Å². The Balaban J connectivity index is 1.93. The van der Waals surface area contributed by atoms with Crippen molar-refractivity contribution in [2.75, 3.05) is 30.2 Å². The zero-order valence-corrected chi connectivity index (χ0v) is 22.7. The van der Waals surface area contributed by atoms with E-state index in [0.29, 0.717) is 31.6 Å². The number of rotatable bonds is 13. The van der Waals surface area contributed by atoms with Crippen molar-refractivity contribution < 1.29 is 18.0 Å². The van der Waals surface area contributed by atoms with Crippen LogP contribution >= 0.6 is 0 Å². The molecule has 2 amide bonds. The van der Waals surface area contributed by atoms with Crippen LogP contribution in [0.3, 0.4) is 0 Å². The lowest BCUT2D eigenvalue weighted by atomic mass is 10.1. The van der Waals surface area contributed by atoms with Gasteiger partial charge in [0.1, 0.15) is 12.6 Å². The Bertz CT molecular complexity index is 1290. The minimum absolute atomic E-state index is 0.214. The Hall–Kier alpha value is -3.39. The van der Waals surface area contributed by atoms with Gasteiger partial charge in [0.15, 0.2) is 0 Å². The molecule has 0 unspecified atom stereocenters. The van der Waals surface area contributed by atoms with Crippen molar-refractivity contribution in [2.45, 2.75) is 45.6 Å². The molecule has 3 rings (SSSR count). The largest absolute Gasteiger partial charge is 0.354 e. The fourth-order valence-corrected chi connectivity index (χ4v) is 5.28. The minimum Gasteiger partial charge on any atom is -0.354 e. The molecule has 3 aromatic carbocycles. The molecule has 0 aliphatic heterocycles. The molecule has 0 saturated carbocycles. The number of carbonyl (C=O) groups excluding carboxylic acids is 2. The fraction of sp³-hybridized carbons (Fsp3) is 0.379. The summed E-state index contributed by atoms with van der Waals surface area (Å²) >= 11 is 0. The molecule has 0 aromatic heterocycles. The van der Waals surface area contributed by atoms with E-state index in [2.05, 4.69) is 5.32 Å². The maximum atomic E-state index is 13.8. The Morgan fingerprint density at radius 3 is 2.27 bits per heavy atom. The first-order chi connectivity index (χ1) is 17.8. The number of nitrogens with one attached hydrogen (secondary N) is 1. The summed E-state index contributed by atoms with van der Waals surface area (Å²) in [6, 6.07) is 21.9. The van der Waals surface area contributed by atoms with Crippen LogP contribution in [0.2, 0.25) is 0 Å². The van der Waals surface area contributed by atoms with Crippen molar-refractivity contribution in [1.82, 2.24) is 10.2 Å². The van der Waals surface area contributed by atoms with Gasteiger partial charge in [0, 0.05) is 18.5 Å². The predicted octanol–water partition coefficient (Wildman–Crippen LogP) is 4.37. The highest BCUT2D eigenvalue weighted by Crippen LogP contribution is 2.28. The van der Waals surface area contributed by atoms with Crippen LogP contribution in [0, 0.1) is 0 Å². The summed E-state index contributed by atoms with van der Waals surface area (Å²) in [6.45, 7) is 4.37. The molecule has 1 atom stereocenters. The molecule has 0 aliphatic rings. The van der Waals surface area contributed by atoms with Crippen molar-refractivity contribution in [2.24, 2.45) is 0 Å². The average molecular weight is 524 g/mol. The summed E-state index contributed by atoms with van der Waals surface area (Å²) in [7, 11) is -3.79. The number of amides is 2. The van der Waals surface area contributed by atoms with Crippen molar-refractivity contribution in [1.29, 1.82) is 0 Å². The van der Waals surface area contributed by atoms with Gasteiger partial charge in [0.2, 0.25) is 21.8 Å². The third-order valence-corrected chi connectivity index (χ3v) is 7.54. The number of unbranched alkanes of at least 4 members (excludes halogenated alkanes) is 1. The van der Waals surface area contributed by atoms with Gasteiger partial charge in [-0.2, -0.15) is 0 Å². The molecule has 0 heterocycles. The molecule has 0 saturated heterocycles. The van der Waals surface area contributed by atoms with Crippen LogP contribution in [0.1, 0.15) is 38.7 Å². The van der Waals surface area contributed by atoms with Crippen molar-refractivity contribution in [3.05, 3.63) is 78.4 Å². The van der Waals surface area contributed by atoms with E-state index < -0.39 is 22.0 Å². The number of hydrogen-bond donors (Lipinski definition) is 1. The highest BCUT2D eigenvalue weighted by Gasteiger charge is 2.31. The fourth-order valence-electron chi connectivity index (χ4n) is 4.42. The molecule has 198 valence electrons. The van der Waals surface area contributed by atoms with E-state index in [0.717, 1.165) is 39.7 Å². The highest BCUT2D eigenvalue weighted by atomic mass is 32.2. The second kappa shape index (κ2) is 13.2. The van der Waals surface area contributed by atoms with E-state index in [1.807, 2.05) is 74.5 Å². The quantitative estimate of drug-likeness (QED) is 0.337. The number of carbonyl (C=O) groups is 2. The molecule has 0 fully saturated rings. The van der Waals surface area contributed by atoms with E-state index >= 15 is 0 Å². The molecule has 0 bridgehead atoms.